The summed E-state index contributed by atoms with van der Waals surface area (Å²) in [5.41, 5.74) is 4.85. The summed E-state index contributed by atoms with van der Waals surface area (Å²) in [6, 6.07) is 8.30. The standard InChI is InChI=1S/C14H21N3O2/c1-11(2)16-7-8-17(14(16)18)13-6-4-5-12(9-13)10-15-19-3/h4-6,9,11,15H,7-8,10H2,1-3H3. The van der Waals surface area contributed by atoms with Crippen LogP contribution in [0.15, 0.2) is 24.3 Å². The van der Waals surface area contributed by atoms with E-state index in [9.17, 15) is 4.79 Å². The number of hydrogen-bond acceptors (Lipinski definition) is 3. The van der Waals surface area contributed by atoms with E-state index in [1.54, 1.807) is 7.11 Å². The minimum atomic E-state index is 0.0897. The topological polar surface area (TPSA) is 44.8 Å². The van der Waals surface area contributed by atoms with Crippen molar-refractivity contribution in [3.05, 3.63) is 29.8 Å². The van der Waals surface area contributed by atoms with Gasteiger partial charge in [-0.25, -0.2) is 4.79 Å². The average Bonchev–Trinajstić information content (AvgIpc) is 2.78. The van der Waals surface area contributed by atoms with E-state index >= 15 is 0 Å². The number of hydrogen-bond donors (Lipinski definition) is 1. The van der Waals surface area contributed by atoms with Gasteiger partial charge in [0.05, 0.1) is 7.11 Å². The average molecular weight is 263 g/mol. The maximum atomic E-state index is 12.3. The van der Waals surface area contributed by atoms with Crippen molar-refractivity contribution in [3.63, 3.8) is 0 Å². The van der Waals surface area contributed by atoms with Crippen LogP contribution in [0.3, 0.4) is 0 Å². The molecule has 0 atom stereocenters. The molecule has 19 heavy (non-hydrogen) atoms. The normalized spacial score (nSPS) is 15.7. The summed E-state index contributed by atoms with van der Waals surface area (Å²) in [6.45, 7) is 6.25. The predicted octanol–water partition coefficient (Wildman–Crippen LogP) is 1.99. The smallest absolute Gasteiger partial charge is 0.320 e. The highest BCUT2D eigenvalue weighted by Gasteiger charge is 2.30. The Hall–Kier alpha value is -1.59. The third-order valence-corrected chi connectivity index (χ3v) is 3.31. The molecule has 5 heteroatoms. The van der Waals surface area contributed by atoms with Gasteiger partial charge in [-0.15, -0.1) is 0 Å². The Morgan fingerprint density at radius 3 is 2.79 bits per heavy atom. The van der Waals surface area contributed by atoms with Crippen LogP contribution in [0.25, 0.3) is 0 Å². The molecule has 0 radical (unpaired) electrons. The lowest BCUT2D eigenvalue weighted by atomic mass is 10.2. The highest BCUT2D eigenvalue weighted by atomic mass is 16.6. The molecule has 0 aromatic heterocycles. The van der Waals surface area contributed by atoms with Crippen molar-refractivity contribution in [1.82, 2.24) is 10.4 Å². The quantitative estimate of drug-likeness (QED) is 0.826. The lowest BCUT2D eigenvalue weighted by Crippen LogP contribution is -2.36. The maximum absolute atomic E-state index is 12.3. The van der Waals surface area contributed by atoms with Crippen LogP contribution in [0.1, 0.15) is 19.4 Å². The number of carbonyl (C=O) groups excluding carboxylic acids is 1. The number of nitrogens with zero attached hydrogens (tertiary/aromatic N) is 2. The minimum Gasteiger partial charge on any atom is -0.320 e. The van der Waals surface area contributed by atoms with E-state index in [4.69, 9.17) is 4.84 Å². The van der Waals surface area contributed by atoms with E-state index in [2.05, 4.69) is 5.48 Å². The number of nitrogens with one attached hydrogen (secondary N) is 1. The van der Waals surface area contributed by atoms with Crippen molar-refractivity contribution in [2.24, 2.45) is 0 Å². The molecule has 1 heterocycles. The Morgan fingerprint density at radius 1 is 1.37 bits per heavy atom. The molecule has 1 aromatic rings. The Bertz CT molecular complexity index is 448. The molecule has 2 amide bonds. The van der Waals surface area contributed by atoms with Gasteiger partial charge in [0.25, 0.3) is 0 Å². The van der Waals surface area contributed by atoms with Gasteiger partial charge < -0.3 is 9.74 Å². The van der Waals surface area contributed by atoms with Crippen molar-refractivity contribution in [2.45, 2.75) is 26.4 Å². The predicted molar refractivity (Wildman–Crippen MR) is 74.9 cm³/mol. The highest BCUT2D eigenvalue weighted by Crippen LogP contribution is 2.22. The summed E-state index contributed by atoms with van der Waals surface area (Å²) in [4.78, 5) is 20.8. The van der Waals surface area contributed by atoms with Gasteiger partial charge in [0, 0.05) is 31.4 Å². The monoisotopic (exact) mass is 263 g/mol. The van der Waals surface area contributed by atoms with Gasteiger partial charge in [-0.05, 0) is 31.5 Å². The minimum absolute atomic E-state index is 0.0897. The SMILES string of the molecule is CONCc1cccc(N2CCN(C(C)C)C2=O)c1. The third kappa shape index (κ3) is 3.05. The highest BCUT2D eigenvalue weighted by molar-refractivity contribution is 5.94. The van der Waals surface area contributed by atoms with Crippen LogP contribution in [0.4, 0.5) is 10.5 Å². The number of hydroxylamine groups is 1. The van der Waals surface area contributed by atoms with Gasteiger partial charge in [0.1, 0.15) is 0 Å². The van der Waals surface area contributed by atoms with Crippen LogP contribution in [0.2, 0.25) is 0 Å². The number of anilines is 1. The number of benzene rings is 1. The summed E-state index contributed by atoms with van der Waals surface area (Å²) in [7, 11) is 1.59. The molecule has 1 aliphatic rings. The third-order valence-electron chi connectivity index (χ3n) is 3.31. The molecule has 104 valence electrons. The van der Waals surface area contributed by atoms with Crippen LogP contribution < -0.4 is 10.4 Å². The fraction of sp³-hybridized carbons (Fsp3) is 0.500. The molecule has 1 N–H and O–H groups in total. The van der Waals surface area contributed by atoms with Gasteiger partial charge in [0.15, 0.2) is 0 Å². The summed E-state index contributed by atoms with van der Waals surface area (Å²) < 4.78 is 0. The van der Waals surface area contributed by atoms with Crippen molar-refractivity contribution < 1.29 is 9.63 Å². The molecule has 1 aliphatic heterocycles. The number of urea groups is 1. The van der Waals surface area contributed by atoms with E-state index < -0.39 is 0 Å². The molecule has 5 nitrogen and oxygen atoms in total. The Kier molecular flexibility index (Phi) is 4.39. The largest absolute Gasteiger partial charge is 0.324 e. The summed E-state index contributed by atoms with van der Waals surface area (Å²) in [5, 5.41) is 0. The summed E-state index contributed by atoms with van der Waals surface area (Å²) >= 11 is 0. The number of rotatable bonds is 5. The van der Waals surface area contributed by atoms with Gasteiger partial charge >= 0.3 is 6.03 Å². The van der Waals surface area contributed by atoms with Crippen LogP contribution in [0.5, 0.6) is 0 Å². The molecule has 0 saturated carbocycles. The van der Waals surface area contributed by atoms with Crippen LogP contribution in [-0.2, 0) is 11.4 Å². The Labute approximate surface area is 114 Å². The maximum Gasteiger partial charge on any atom is 0.324 e. The first-order valence-electron chi connectivity index (χ1n) is 6.56. The molecule has 1 fully saturated rings. The Balaban J connectivity index is 2.12. The van der Waals surface area contributed by atoms with E-state index in [-0.39, 0.29) is 12.1 Å². The van der Waals surface area contributed by atoms with Gasteiger partial charge in [-0.1, -0.05) is 12.1 Å². The summed E-state index contributed by atoms with van der Waals surface area (Å²) in [6.07, 6.45) is 0. The molecular weight excluding hydrogens is 242 g/mol. The van der Waals surface area contributed by atoms with Gasteiger partial charge in [-0.2, -0.15) is 5.48 Å². The lowest BCUT2D eigenvalue weighted by Gasteiger charge is -2.22. The van der Waals surface area contributed by atoms with Crippen molar-refractivity contribution in [1.29, 1.82) is 0 Å². The molecule has 0 aliphatic carbocycles. The first-order chi connectivity index (χ1) is 9.13. The zero-order valence-electron chi connectivity index (χ0n) is 11.7. The second-order valence-corrected chi connectivity index (χ2v) is 4.92. The van der Waals surface area contributed by atoms with E-state index in [1.165, 1.54) is 0 Å². The van der Waals surface area contributed by atoms with Crippen molar-refractivity contribution >= 4 is 11.7 Å². The fourth-order valence-corrected chi connectivity index (χ4v) is 2.26. The van der Waals surface area contributed by atoms with Crippen LogP contribution in [-0.4, -0.2) is 37.2 Å². The zero-order valence-corrected chi connectivity index (χ0v) is 11.7. The van der Waals surface area contributed by atoms with Gasteiger partial charge in [-0.3, -0.25) is 4.90 Å². The second kappa shape index (κ2) is 6.04. The van der Waals surface area contributed by atoms with Crippen LogP contribution >= 0.6 is 0 Å². The molecular formula is C14H21N3O2. The number of amides is 2. The molecule has 0 bridgehead atoms. The molecule has 0 spiro atoms. The second-order valence-electron chi connectivity index (χ2n) is 4.92. The molecule has 0 unspecified atom stereocenters. The summed E-state index contributed by atoms with van der Waals surface area (Å²) in [5.74, 6) is 0. The lowest BCUT2D eigenvalue weighted by molar-refractivity contribution is 0.0867. The Morgan fingerprint density at radius 2 is 2.16 bits per heavy atom. The first-order valence-corrected chi connectivity index (χ1v) is 6.56. The molecule has 2 rings (SSSR count). The fourth-order valence-electron chi connectivity index (χ4n) is 2.26. The van der Waals surface area contributed by atoms with E-state index in [0.29, 0.717) is 6.54 Å². The first kappa shape index (κ1) is 13.8. The van der Waals surface area contributed by atoms with Gasteiger partial charge in [0.2, 0.25) is 0 Å². The van der Waals surface area contributed by atoms with Crippen molar-refractivity contribution in [2.75, 3.05) is 25.1 Å². The van der Waals surface area contributed by atoms with Crippen molar-refractivity contribution in [3.8, 4) is 0 Å². The van der Waals surface area contributed by atoms with E-state index in [0.717, 1.165) is 24.3 Å². The molecule has 1 saturated heterocycles. The van der Waals surface area contributed by atoms with E-state index in [1.807, 2.05) is 47.9 Å². The zero-order chi connectivity index (χ0) is 13.8. The van der Waals surface area contributed by atoms with Crippen LogP contribution in [0, 0.1) is 0 Å². The molecule has 1 aromatic carbocycles. The number of carbonyl (C=O) groups is 1.